The number of hydrogen-bond donors (Lipinski definition) is 1. The molecule has 0 aromatic heterocycles. The van der Waals surface area contributed by atoms with Gasteiger partial charge >= 0.3 is 0 Å². The molecule has 184 valence electrons. The Hall–Kier alpha value is -3.02. The molecule has 6 nitrogen and oxygen atoms in total. The van der Waals surface area contributed by atoms with Crippen molar-refractivity contribution in [3.05, 3.63) is 59.7 Å². The summed E-state index contributed by atoms with van der Waals surface area (Å²) in [6.07, 6.45) is 6.58. The van der Waals surface area contributed by atoms with Crippen LogP contribution in [0.1, 0.15) is 56.6 Å². The maximum absolute atomic E-state index is 13.4. The molecule has 1 atom stereocenters. The molecule has 34 heavy (non-hydrogen) atoms. The minimum atomic E-state index is -0.456. The van der Waals surface area contributed by atoms with Gasteiger partial charge in [0.1, 0.15) is 6.04 Å². The Morgan fingerprint density at radius 1 is 0.971 bits per heavy atom. The molecular formula is C28H38N2O4. The number of amides is 2. The molecule has 0 aliphatic heterocycles. The van der Waals surface area contributed by atoms with Crippen molar-refractivity contribution in [1.82, 2.24) is 10.2 Å². The molecule has 1 unspecified atom stereocenters. The summed E-state index contributed by atoms with van der Waals surface area (Å²) >= 11 is 0. The molecule has 1 aliphatic carbocycles. The van der Waals surface area contributed by atoms with Crippen molar-refractivity contribution in [1.29, 1.82) is 0 Å². The number of rotatable bonds is 12. The molecular weight excluding hydrogens is 428 g/mol. The second kappa shape index (κ2) is 13.0. The van der Waals surface area contributed by atoms with Crippen LogP contribution in [0.25, 0.3) is 0 Å². The zero-order chi connectivity index (χ0) is 24.3. The SMILES string of the molecule is CCC(C(=O)NC1CCCC1)N(CCc1ccccc1)C(=O)CCc1ccc(OC)c(OC)c1. The standard InChI is InChI=1S/C28H38N2O4/c1-4-24(28(32)29-23-12-8-9-13-23)30(19-18-21-10-6-5-7-11-21)27(31)17-15-22-14-16-25(33-2)26(20-22)34-3/h5-7,10-11,14,16,20,23-24H,4,8-9,12-13,15,17-19H2,1-3H3,(H,29,32). The summed E-state index contributed by atoms with van der Waals surface area (Å²) in [4.78, 5) is 28.4. The third-order valence-corrected chi connectivity index (χ3v) is 6.65. The van der Waals surface area contributed by atoms with E-state index in [2.05, 4.69) is 17.4 Å². The first-order valence-electron chi connectivity index (χ1n) is 12.4. The van der Waals surface area contributed by atoms with E-state index in [1.165, 1.54) is 0 Å². The van der Waals surface area contributed by atoms with E-state index in [9.17, 15) is 9.59 Å². The van der Waals surface area contributed by atoms with E-state index in [1.807, 2.05) is 43.3 Å². The van der Waals surface area contributed by atoms with Gasteiger partial charge in [0.15, 0.2) is 11.5 Å². The molecule has 3 rings (SSSR count). The normalized spacial score (nSPS) is 14.4. The fraction of sp³-hybridized carbons (Fsp3) is 0.500. The van der Waals surface area contributed by atoms with E-state index < -0.39 is 6.04 Å². The molecule has 1 saturated carbocycles. The van der Waals surface area contributed by atoms with Crippen molar-refractivity contribution >= 4 is 11.8 Å². The van der Waals surface area contributed by atoms with Gasteiger partial charge in [-0.2, -0.15) is 0 Å². The van der Waals surface area contributed by atoms with Gasteiger partial charge in [-0.3, -0.25) is 9.59 Å². The van der Waals surface area contributed by atoms with Crippen molar-refractivity contribution < 1.29 is 19.1 Å². The number of hydrogen-bond acceptors (Lipinski definition) is 4. The van der Waals surface area contributed by atoms with Gasteiger partial charge in [0.25, 0.3) is 0 Å². The van der Waals surface area contributed by atoms with Crippen LogP contribution in [0.3, 0.4) is 0 Å². The van der Waals surface area contributed by atoms with Crippen LogP contribution in [0.15, 0.2) is 48.5 Å². The summed E-state index contributed by atoms with van der Waals surface area (Å²) in [7, 11) is 3.21. The van der Waals surface area contributed by atoms with Gasteiger partial charge in [-0.15, -0.1) is 0 Å². The second-order valence-corrected chi connectivity index (χ2v) is 8.93. The Morgan fingerprint density at radius 2 is 1.68 bits per heavy atom. The summed E-state index contributed by atoms with van der Waals surface area (Å²) in [6, 6.07) is 15.6. The number of aryl methyl sites for hydroxylation is 1. The summed E-state index contributed by atoms with van der Waals surface area (Å²) in [5, 5.41) is 3.20. The van der Waals surface area contributed by atoms with Crippen LogP contribution in [0.5, 0.6) is 11.5 Å². The van der Waals surface area contributed by atoms with Gasteiger partial charge < -0.3 is 19.7 Å². The number of benzene rings is 2. The smallest absolute Gasteiger partial charge is 0.243 e. The molecule has 0 bridgehead atoms. The Labute approximate surface area is 203 Å². The van der Waals surface area contributed by atoms with E-state index in [-0.39, 0.29) is 17.9 Å². The highest BCUT2D eigenvalue weighted by molar-refractivity contribution is 5.88. The van der Waals surface area contributed by atoms with E-state index in [1.54, 1.807) is 19.1 Å². The van der Waals surface area contributed by atoms with Gasteiger partial charge in [0.05, 0.1) is 14.2 Å². The molecule has 2 aromatic carbocycles. The minimum absolute atomic E-state index is 0.000798. The third kappa shape index (κ3) is 6.99. The van der Waals surface area contributed by atoms with Crippen molar-refractivity contribution in [3.63, 3.8) is 0 Å². The van der Waals surface area contributed by atoms with Crippen molar-refractivity contribution in [2.45, 2.75) is 70.4 Å². The second-order valence-electron chi connectivity index (χ2n) is 8.93. The molecule has 2 amide bonds. The highest BCUT2D eigenvalue weighted by Crippen LogP contribution is 2.28. The van der Waals surface area contributed by atoms with E-state index in [4.69, 9.17) is 9.47 Å². The van der Waals surface area contributed by atoms with Gasteiger partial charge in [0, 0.05) is 19.0 Å². The number of nitrogens with zero attached hydrogens (tertiary/aromatic N) is 1. The average molecular weight is 467 g/mol. The van der Waals surface area contributed by atoms with Gasteiger partial charge in [-0.05, 0) is 55.4 Å². The molecule has 0 spiro atoms. The van der Waals surface area contributed by atoms with E-state index in [0.717, 1.165) is 43.2 Å². The summed E-state index contributed by atoms with van der Waals surface area (Å²) < 4.78 is 10.7. The predicted octanol–water partition coefficient (Wildman–Crippen LogP) is 4.55. The van der Waals surface area contributed by atoms with Crippen molar-refractivity contribution in [3.8, 4) is 11.5 Å². The summed E-state index contributed by atoms with van der Waals surface area (Å²) in [5.74, 6) is 1.29. The average Bonchev–Trinajstić information content (AvgIpc) is 3.38. The minimum Gasteiger partial charge on any atom is -0.493 e. The summed E-state index contributed by atoms with van der Waals surface area (Å²) in [5.41, 5.74) is 2.16. The van der Waals surface area contributed by atoms with Gasteiger partial charge in [0.2, 0.25) is 11.8 Å². The molecule has 0 heterocycles. The topological polar surface area (TPSA) is 67.9 Å². The van der Waals surface area contributed by atoms with Crippen LogP contribution in [-0.2, 0) is 22.4 Å². The van der Waals surface area contributed by atoms with Crippen LogP contribution < -0.4 is 14.8 Å². The molecule has 1 fully saturated rings. The van der Waals surface area contributed by atoms with Crippen LogP contribution in [0.2, 0.25) is 0 Å². The maximum Gasteiger partial charge on any atom is 0.243 e. The number of carbonyl (C=O) groups excluding carboxylic acids is 2. The van der Waals surface area contributed by atoms with Gasteiger partial charge in [-0.1, -0.05) is 56.2 Å². The van der Waals surface area contributed by atoms with Crippen LogP contribution in [0, 0.1) is 0 Å². The Balaban J connectivity index is 1.71. The van der Waals surface area contributed by atoms with Gasteiger partial charge in [-0.25, -0.2) is 0 Å². The highest BCUT2D eigenvalue weighted by Gasteiger charge is 2.30. The molecule has 0 radical (unpaired) electrons. The predicted molar refractivity (Wildman–Crippen MR) is 134 cm³/mol. The fourth-order valence-corrected chi connectivity index (χ4v) is 4.69. The molecule has 6 heteroatoms. The maximum atomic E-state index is 13.4. The zero-order valence-corrected chi connectivity index (χ0v) is 20.7. The van der Waals surface area contributed by atoms with Crippen LogP contribution >= 0.6 is 0 Å². The van der Waals surface area contributed by atoms with Crippen LogP contribution in [0.4, 0.5) is 0 Å². The Morgan fingerprint density at radius 3 is 2.32 bits per heavy atom. The fourth-order valence-electron chi connectivity index (χ4n) is 4.69. The van der Waals surface area contributed by atoms with E-state index in [0.29, 0.717) is 37.3 Å². The quantitative estimate of drug-likeness (QED) is 0.499. The van der Waals surface area contributed by atoms with Crippen molar-refractivity contribution in [2.24, 2.45) is 0 Å². The van der Waals surface area contributed by atoms with Crippen LogP contribution in [-0.4, -0.2) is 49.6 Å². The largest absolute Gasteiger partial charge is 0.493 e. The first kappa shape index (κ1) is 25.6. The lowest BCUT2D eigenvalue weighted by Crippen LogP contribution is -2.51. The molecule has 1 N–H and O–H groups in total. The molecule has 1 aliphatic rings. The number of methoxy groups -OCH3 is 2. The number of carbonyl (C=O) groups is 2. The number of nitrogens with one attached hydrogen (secondary N) is 1. The first-order chi connectivity index (χ1) is 16.5. The first-order valence-corrected chi connectivity index (χ1v) is 12.4. The van der Waals surface area contributed by atoms with E-state index >= 15 is 0 Å². The third-order valence-electron chi connectivity index (χ3n) is 6.65. The lowest BCUT2D eigenvalue weighted by Gasteiger charge is -2.31. The lowest BCUT2D eigenvalue weighted by atomic mass is 10.0. The Bertz CT molecular complexity index is 925. The molecule has 0 saturated heterocycles. The Kier molecular flexibility index (Phi) is 9.80. The molecule has 2 aromatic rings. The highest BCUT2D eigenvalue weighted by atomic mass is 16.5. The monoisotopic (exact) mass is 466 g/mol. The van der Waals surface area contributed by atoms with Crippen molar-refractivity contribution in [2.75, 3.05) is 20.8 Å². The number of ether oxygens (including phenoxy) is 2. The lowest BCUT2D eigenvalue weighted by molar-refractivity contribution is -0.141. The zero-order valence-electron chi connectivity index (χ0n) is 20.7. The summed E-state index contributed by atoms with van der Waals surface area (Å²) in [6.45, 7) is 2.50.